The molecule has 1 saturated heterocycles. The van der Waals surface area contributed by atoms with Crippen molar-refractivity contribution in [1.29, 1.82) is 0 Å². The number of rotatable bonds is 5. The molecule has 4 heteroatoms. The number of esters is 1. The van der Waals surface area contributed by atoms with Crippen molar-refractivity contribution in [3.8, 4) is 0 Å². The van der Waals surface area contributed by atoms with Crippen LogP contribution in [0.25, 0.3) is 0 Å². The summed E-state index contributed by atoms with van der Waals surface area (Å²) in [5, 5.41) is 9.21. The lowest BCUT2D eigenvalue weighted by Crippen LogP contribution is -2.42. The lowest BCUT2D eigenvalue weighted by Gasteiger charge is -2.34. The van der Waals surface area contributed by atoms with Gasteiger partial charge in [-0.25, -0.2) is 0 Å². The molecule has 0 bridgehead atoms. The van der Waals surface area contributed by atoms with Gasteiger partial charge in [-0.15, -0.1) is 0 Å². The summed E-state index contributed by atoms with van der Waals surface area (Å²) in [7, 11) is 0. The minimum atomic E-state index is -0.141. The lowest BCUT2D eigenvalue weighted by atomic mass is 10.0. The third-order valence-corrected chi connectivity index (χ3v) is 2.93. The summed E-state index contributed by atoms with van der Waals surface area (Å²) in [5.41, 5.74) is 0. The van der Waals surface area contributed by atoms with Gasteiger partial charge in [-0.2, -0.15) is 0 Å². The van der Waals surface area contributed by atoms with Gasteiger partial charge in [-0.3, -0.25) is 9.69 Å². The molecule has 1 aliphatic rings. The summed E-state index contributed by atoms with van der Waals surface area (Å²) in [6.45, 7) is 5.60. The number of aliphatic hydroxyl groups is 1. The number of carbonyl (C=O) groups is 1. The van der Waals surface area contributed by atoms with Gasteiger partial charge in [0.25, 0.3) is 0 Å². The molecule has 0 aromatic heterocycles. The van der Waals surface area contributed by atoms with Gasteiger partial charge in [0.15, 0.2) is 0 Å². The summed E-state index contributed by atoms with van der Waals surface area (Å²) < 4.78 is 5.08. The summed E-state index contributed by atoms with van der Waals surface area (Å²) in [6.07, 6.45) is 3.76. The van der Waals surface area contributed by atoms with Gasteiger partial charge >= 0.3 is 5.97 Å². The van der Waals surface area contributed by atoms with E-state index in [2.05, 4.69) is 4.90 Å². The fraction of sp³-hybridized carbons (Fsp3) is 0.917. The number of ether oxygens (including phenoxy) is 1. The van der Waals surface area contributed by atoms with E-state index < -0.39 is 0 Å². The Balaban J connectivity index is 2.27. The van der Waals surface area contributed by atoms with Crippen LogP contribution in [0, 0.1) is 0 Å². The second-order valence-corrected chi connectivity index (χ2v) is 4.66. The molecule has 1 rings (SSSR count). The molecule has 0 amide bonds. The molecule has 1 atom stereocenters. The van der Waals surface area contributed by atoms with Gasteiger partial charge in [0, 0.05) is 12.6 Å². The Morgan fingerprint density at radius 3 is 2.88 bits per heavy atom. The highest BCUT2D eigenvalue weighted by molar-refractivity contribution is 5.69. The van der Waals surface area contributed by atoms with Crippen LogP contribution in [-0.2, 0) is 9.53 Å². The fourth-order valence-corrected chi connectivity index (χ4v) is 2.12. The molecule has 1 aliphatic heterocycles. The Labute approximate surface area is 97.6 Å². The first-order valence-corrected chi connectivity index (χ1v) is 6.18. The standard InChI is InChI=1S/C12H23NO3/c1-10(2)16-12(15)6-8-13-7-4-3-5-11(13)9-14/h10-11,14H,3-9H2,1-2H3. The summed E-state index contributed by atoms with van der Waals surface area (Å²) in [4.78, 5) is 13.6. The zero-order valence-corrected chi connectivity index (χ0v) is 10.3. The Bertz CT molecular complexity index is 218. The first-order valence-electron chi connectivity index (χ1n) is 6.18. The van der Waals surface area contributed by atoms with Crippen molar-refractivity contribution in [3.63, 3.8) is 0 Å². The highest BCUT2D eigenvalue weighted by Gasteiger charge is 2.22. The maximum absolute atomic E-state index is 11.4. The van der Waals surface area contributed by atoms with E-state index in [0.717, 1.165) is 19.4 Å². The van der Waals surface area contributed by atoms with Crippen LogP contribution in [0.2, 0.25) is 0 Å². The van der Waals surface area contributed by atoms with Gasteiger partial charge in [0.1, 0.15) is 0 Å². The third kappa shape index (κ3) is 4.49. The Kier molecular flexibility index (Phi) is 5.77. The predicted octanol–water partition coefficient (Wildman–Crippen LogP) is 1.17. The van der Waals surface area contributed by atoms with Crippen LogP contribution >= 0.6 is 0 Å². The maximum atomic E-state index is 11.4. The van der Waals surface area contributed by atoms with Gasteiger partial charge in [0.2, 0.25) is 0 Å². The molecule has 1 N–H and O–H groups in total. The number of likely N-dealkylation sites (tertiary alicyclic amines) is 1. The topological polar surface area (TPSA) is 49.8 Å². The molecular weight excluding hydrogens is 206 g/mol. The van der Waals surface area contributed by atoms with E-state index in [1.807, 2.05) is 13.8 Å². The second-order valence-electron chi connectivity index (χ2n) is 4.66. The van der Waals surface area contributed by atoms with Crippen LogP contribution in [0.3, 0.4) is 0 Å². The van der Waals surface area contributed by atoms with E-state index in [0.29, 0.717) is 13.0 Å². The molecule has 0 aromatic rings. The molecular formula is C12H23NO3. The largest absolute Gasteiger partial charge is 0.463 e. The monoisotopic (exact) mass is 229 g/mol. The van der Waals surface area contributed by atoms with Crippen LogP contribution in [0.4, 0.5) is 0 Å². The molecule has 0 spiro atoms. The van der Waals surface area contributed by atoms with Gasteiger partial charge < -0.3 is 9.84 Å². The minimum absolute atomic E-state index is 0.0394. The molecule has 1 heterocycles. The number of carbonyl (C=O) groups excluding carboxylic acids is 1. The normalized spacial score (nSPS) is 22.4. The van der Waals surface area contributed by atoms with Crippen molar-refractivity contribution in [2.45, 2.75) is 51.7 Å². The molecule has 1 unspecified atom stereocenters. The van der Waals surface area contributed by atoms with E-state index in [4.69, 9.17) is 4.74 Å². The van der Waals surface area contributed by atoms with E-state index in [1.165, 1.54) is 6.42 Å². The van der Waals surface area contributed by atoms with Crippen LogP contribution in [0.5, 0.6) is 0 Å². The molecule has 0 aliphatic carbocycles. The molecule has 1 fully saturated rings. The molecule has 0 saturated carbocycles. The van der Waals surface area contributed by atoms with E-state index in [-0.39, 0.29) is 24.7 Å². The Hall–Kier alpha value is -0.610. The molecule has 0 radical (unpaired) electrons. The van der Waals surface area contributed by atoms with E-state index in [1.54, 1.807) is 0 Å². The van der Waals surface area contributed by atoms with Crippen LogP contribution in [-0.4, -0.2) is 47.8 Å². The molecule has 94 valence electrons. The van der Waals surface area contributed by atoms with Crippen LogP contribution in [0.15, 0.2) is 0 Å². The summed E-state index contributed by atoms with van der Waals surface area (Å²) >= 11 is 0. The zero-order valence-electron chi connectivity index (χ0n) is 10.3. The van der Waals surface area contributed by atoms with E-state index in [9.17, 15) is 9.90 Å². The number of aliphatic hydroxyl groups excluding tert-OH is 1. The number of hydrogen-bond acceptors (Lipinski definition) is 4. The van der Waals surface area contributed by atoms with Crippen molar-refractivity contribution < 1.29 is 14.6 Å². The van der Waals surface area contributed by atoms with Crippen LogP contribution < -0.4 is 0 Å². The van der Waals surface area contributed by atoms with Gasteiger partial charge in [-0.05, 0) is 33.2 Å². The maximum Gasteiger partial charge on any atom is 0.307 e. The van der Waals surface area contributed by atoms with E-state index >= 15 is 0 Å². The highest BCUT2D eigenvalue weighted by atomic mass is 16.5. The number of piperidine rings is 1. The molecule has 4 nitrogen and oxygen atoms in total. The molecule has 0 aromatic carbocycles. The number of hydrogen-bond donors (Lipinski definition) is 1. The second kappa shape index (κ2) is 6.86. The van der Waals surface area contributed by atoms with Crippen molar-refractivity contribution in [2.24, 2.45) is 0 Å². The number of nitrogens with zero attached hydrogens (tertiary/aromatic N) is 1. The molecule has 16 heavy (non-hydrogen) atoms. The first kappa shape index (κ1) is 13.5. The average molecular weight is 229 g/mol. The SMILES string of the molecule is CC(C)OC(=O)CCN1CCCCC1CO. The fourth-order valence-electron chi connectivity index (χ4n) is 2.12. The van der Waals surface area contributed by atoms with Crippen molar-refractivity contribution in [3.05, 3.63) is 0 Å². The van der Waals surface area contributed by atoms with Crippen molar-refractivity contribution in [2.75, 3.05) is 19.7 Å². The third-order valence-electron chi connectivity index (χ3n) is 2.93. The summed E-state index contributed by atoms with van der Waals surface area (Å²) in [6, 6.07) is 0.237. The van der Waals surface area contributed by atoms with Gasteiger partial charge in [0.05, 0.1) is 19.1 Å². The first-order chi connectivity index (χ1) is 7.63. The highest BCUT2D eigenvalue weighted by Crippen LogP contribution is 2.16. The van der Waals surface area contributed by atoms with Crippen molar-refractivity contribution in [1.82, 2.24) is 4.90 Å². The average Bonchev–Trinajstić information content (AvgIpc) is 2.26. The smallest absolute Gasteiger partial charge is 0.307 e. The zero-order chi connectivity index (χ0) is 12.0. The predicted molar refractivity (Wildman–Crippen MR) is 62.1 cm³/mol. The lowest BCUT2D eigenvalue weighted by molar-refractivity contribution is -0.148. The summed E-state index contributed by atoms with van der Waals surface area (Å²) in [5.74, 6) is -0.141. The van der Waals surface area contributed by atoms with Crippen molar-refractivity contribution >= 4 is 5.97 Å². The quantitative estimate of drug-likeness (QED) is 0.719. The Morgan fingerprint density at radius 1 is 1.50 bits per heavy atom. The van der Waals surface area contributed by atoms with Crippen LogP contribution in [0.1, 0.15) is 39.5 Å². The Morgan fingerprint density at radius 2 is 2.25 bits per heavy atom. The minimum Gasteiger partial charge on any atom is -0.463 e. The van der Waals surface area contributed by atoms with Gasteiger partial charge in [-0.1, -0.05) is 6.42 Å².